The lowest BCUT2D eigenvalue weighted by atomic mass is 10.1. The third kappa shape index (κ3) is 4.77. The number of carbonyl (C=O) groups excluding carboxylic acids is 2. The van der Waals surface area contributed by atoms with Gasteiger partial charge in [0.1, 0.15) is 5.75 Å². The molecule has 3 aromatic carbocycles. The normalized spacial score (nSPS) is 12.1. The van der Waals surface area contributed by atoms with E-state index in [1.54, 1.807) is 54.6 Å². The average Bonchev–Trinajstić information content (AvgIpc) is 2.97. The van der Waals surface area contributed by atoms with Gasteiger partial charge in [-0.2, -0.15) is 0 Å². The first kappa shape index (κ1) is 23.0. The first-order chi connectivity index (χ1) is 16.4. The second-order valence-corrected chi connectivity index (χ2v) is 7.63. The van der Waals surface area contributed by atoms with E-state index >= 15 is 0 Å². The molecule has 0 aliphatic carbocycles. The number of ether oxygens (including phenoxy) is 4. The minimum atomic E-state index is -0.390. The van der Waals surface area contributed by atoms with Crippen molar-refractivity contribution < 1.29 is 28.5 Å². The van der Waals surface area contributed by atoms with Crippen LogP contribution in [0.1, 0.15) is 15.9 Å². The number of anilines is 2. The van der Waals surface area contributed by atoms with Gasteiger partial charge in [0.15, 0.2) is 17.2 Å². The molecule has 0 saturated carbocycles. The van der Waals surface area contributed by atoms with Crippen LogP contribution in [-0.2, 0) is 4.79 Å². The van der Waals surface area contributed by atoms with Gasteiger partial charge in [-0.15, -0.1) is 0 Å². The quantitative estimate of drug-likeness (QED) is 0.460. The Kier molecular flexibility index (Phi) is 6.60. The van der Waals surface area contributed by atoms with Gasteiger partial charge in [0.2, 0.25) is 11.7 Å². The Bertz CT molecular complexity index is 1280. The van der Waals surface area contributed by atoms with E-state index in [9.17, 15) is 9.59 Å². The highest BCUT2D eigenvalue weighted by molar-refractivity contribution is 6.31. The topological polar surface area (TPSA) is 95.1 Å². The predicted octanol–water partition coefficient (Wildman–Crippen LogP) is 5.38. The van der Waals surface area contributed by atoms with Crippen molar-refractivity contribution in [2.45, 2.75) is 0 Å². The van der Waals surface area contributed by atoms with Crippen LogP contribution in [-0.4, -0.2) is 33.1 Å². The zero-order valence-electron chi connectivity index (χ0n) is 18.6. The van der Waals surface area contributed by atoms with E-state index in [1.165, 1.54) is 27.4 Å². The van der Waals surface area contributed by atoms with Gasteiger partial charge >= 0.3 is 0 Å². The number of carbonyl (C=O) groups is 2. The monoisotopic (exact) mass is 480 g/mol. The zero-order valence-corrected chi connectivity index (χ0v) is 19.4. The van der Waals surface area contributed by atoms with Gasteiger partial charge < -0.3 is 29.6 Å². The van der Waals surface area contributed by atoms with Crippen LogP contribution in [0.3, 0.4) is 0 Å². The summed E-state index contributed by atoms with van der Waals surface area (Å²) in [5, 5.41) is 5.98. The average molecular weight is 481 g/mol. The van der Waals surface area contributed by atoms with Crippen molar-refractivity contribution in [3.05, 3.63) is 70.8 Å². The van der Waals surface area contributed by atoms with Crippen LogP contribution < -0.4 is 29.6 Å². The summed E-state index contributed by atoms with van der Waals surface area (Å²) in [5.74, 6) is 1.48. The van der Waals surface area contributed by atoms with Crippen LogP contribution >= 0.6 is 11.6 Å². The molecule has 34 heavy (non-hydrogen) atoms. The molecule has 0 aromatic heterocycles. The standard InChI is InChI=1S/C25H21ClN2O6/c1-31-21-10-14(11-22(32-2)24(21)33-3)4-9-23(29)27-16-6-8-19-17(13-16)25(30)28-18-12-15(26)5-7-20(18)34-19/h4-13H,1-3H3,(H,27,29)(H,28,30)/b9-4+. The Balaban J connectivity index is 1.52. The van der Waals surface area contributed by atoms with Crippen molar-refractivity contribution in [1.29, 1.82) is 0 Å². The number of rotatable bonds is 6. The Hall–Kier alpha value is -4.17. The van der Waals surface area contributed by atoms with E-state index in [-0.39, 0.29) is 11.5 Å². The van der Waals surface area contributed by atoms with E-state index in [0.29, 0.717) is 50.7 Å². The molecule has 4 rings (SSSR count). The maximum Gasteiger partial charge on any atom is 0.259 e. The maximum atomic E-state index is 12.7. The highest BCUT2D eigenvalue weighted by Gasteiger charge is 2.21. The second kappa shape index (κ2) is 9.76. The number of hydrogen-bond donors (Lipinski definition) is 2. The lowest BCUT2D eigenvalue weighted by Crippen LogP contribution is -2.12. The molecule has 0 saturated heterocycles. The molecule has 1 aliphatic heterocycles. The van der Waals surface area contributed by atoms with Crippen LogP contribution in [0.2, 0.25) is 5.02 Å². The third-order valence-electron chi connectivity index (χ3n) is 5.02. The molecule has 9 heteroatoms. The summed E-state index contributed by atoms with van der Waals surface area (Å²) in [5.41, 5.74) is 1.85. The highest BCUT2D eigenvalue weighted by atomic mass is 35.5. The van der Waals surface area contributed by atoms with Crippen molar-refractivity contribution in [2.75, 3.05) is 32.0 Å². The van der Waals surface area contributed by atoms with Crippen LogP contribution in [0.5, 0.6) is 28.7 Å². The molecular formula is C25H21ClN2O6. The summed E-state index contributed by atoms with van der Waals surface area (Å²) in [6.45, 7) is 0. The van der Waals surface area contributed by atoms with Gasteiger partial charge in [0.25, 0.3) is 5.91 Å². The predicted molar refractivity (Wildman–Crippen MR) is 130 cm³/mol. The molecule has 2 N–H and O–H groups in total. The first-order valence-corrected chi connectivity index (χ1v) is 10.5. The maximum absolute atomic E-state index is 12.7. The molecule has 0 unspecified atom stereocenters. The molecule has 0 fully saturated rings. The van der Waals surface area contributed by atoms with Crippen LogP contribution in [0, 0.1) is 0 Å². The second-order valence-electron chi connectivity index (χ2n) is 7.19. The summed E-state index contributed by atoms with van der Waals surface area (Å²) in [4.78, 5) is 25.2. The molecule has 174 valence electrons. The molecule has 2 amide bonds. The van der Waals surface area contributed by atoms with Gasteiger partial charge in [0, 0.05) is 16.8 Å². The molecule has 8 nitrogen and oxygen atoms in total. The van der Waals surface area contributed by atoms with Crippen molar-refractivity contribution in [3.8, 4) is 28.7 Å². The Morgan fingerprint density at radius 2 is 1.68 bits per heavy atom. The molecule has 0 bridgehead atoms. The Labute approximate surface area is 201 Å². The van der Waals surface area contributed by atoms with Crippen molar-refractivity contribution in [3.63, 3.8) is 0 Å². The van der Waals surface area contributed by atoms with E-state index in [4.69, 9.17) is 30.5 Å². The number of halogens is 1. The molecule has 3 aromatic rings. The van der Waals surface area contributed by atoms with Crippen LogP contribution in [0.25, 0.3) is 6.08 Å². The number of methoxy groups -OCH3 is 3. The smallest absolute Gasteiger partial charge is 0.259 e. The molecule has 0 atom stereocenters. The molecule has 0 radical (unpaired) electrons. The van der Waals surface area contributed by atoms with Gasteiger partial charge in [-0.1, -0.05) is 11.6 Å². The number of hydrogen-bond acceptors (Lipinski definition) is 6. The number of benzene rings is 3. The van der Waals surface area contributed by atoms with E-state index in [0.717, 1.165) is 0 Å². The highest BCUT2D eigenvalue weighted by Crippen LogP contribution is 2.39. The van der Waals surface area contributed by atoms with Gasteiger partial charge in [-0.25, -0.2) is 0 Å². The Morgan fingerprint density at radius 1 is 0.971 bits per heavy atom. The summed E-state index contributed by atoms with van der Waals surface area (Å²) < 4.78 is 21.8. The third-order valence-corrected chi connectivity index (χ3v) is 5.25. The number of amides is 2. The summed E-state index contributed by atoms with van der Waals surface area (Å²) in [6, 6.07) is 13.2. The van der Waals surface area contributed by atoms with Gasteiger partial charge in [-0.3, -0.25) is 9.59 Å². The van der Waals surface area contributed by atoms with E-state index in [1.807, 2.05) is 0 Å². The van der Waals surface area contributed by atoms with Crippen LogP contribution in [0.15, 0.2) is 54.6 Å². The molecule has 0 spiro atoms. The number of nitrogens with one attached hydrogen (secondary N) is 2. The van der Waals surface area contributed by atoms with Gasteiger partial charge in [-0.05, 0) is 60.2 Å². The minimum absolute atomic E-state index is 0.277. The largest absolute Gasteiger partial charge is 0.493 e. The minimum Gasteiger partial charge on any atom is -0.493 e. The van der Waals surface area contributed by atoms with Crippen molar-refractivity contribution in [1.82, 2.24) is 0 Å². The molecule has 1 heterocycles. The van der Waals surface area contributed by atoms with Crippen molar-refractivity contribution in [2.24, 2.45) is 0 Å². The molecule has 1 aliphatic rings. The fourth-order valence-corrected chi connectivity index (χ4v) is 3.60. The lowest BCUT2D eigenvalue weighted by Gasteiger charge is -2.12. The summed E-state index contributed by atoms with van der Waals surface area (Å²) in [6.07, 6.45) is 2.97. The lowest BCUT2D eigenvalue weighted by molar-refractivity contribution is -0.111. The van der Waals surface area contributed by atoms with Crippen molar-refractivity contribution >= 4 is 40.9 Å². The van der Waals surface area contributed by atoms with Gasteiger partial charge in [0.05, 0.1) is 32.6 Å². The van der Waals surface area contributed by atoms with Crippen LogP contribution in [0.4, 0.5) is 11.4 Å². The Morgan fingerprint density at radius 3 is 2.35 bits per heavy atom. The zero-order chi connectivity index (χ0) is 24.2. The molecular weight excluding hydrogens is 460 g/mol. The number of fused-ring (bicyclic) bond motifs is 2. The van der Waals surface area contributed by atoms with E-state index < -0.39 is 5.91 Å². The summed E-state index contributed by atoms with van der Waals surface area (Å²) >= 11 is 6.01. The fourth-order valence-electron chi connectivity index (χ4n) is 3.42. The first-order valence-electron chi connectivity index (χ1n) is 10.1. The SMILES string of the molecule is COc1cc(/C=C/C(=O)Nc2ccc3c(c2)C(=O)Nc2cc(Cl)ccc2O3)cc(OC)c1OC. The summed E-state index contributed by atoms with van der Waals surface area (Å²) in [7, 11) is 4.55. The van der Waals surface area contributed by atoms with E-state index in [2.05, 4.69) is 10.6 Å². The fraction of sp³-hybridized carbons (Fsp3) is 0.120.